The predicted molar refractivity (Wildman–Crippen MR) is 113 cm³/mol. The molecular weight excluding hydrogens is 328 g/mol. The van der Waals surface area contributed by atoms with Gasteiger partial charge in [0.1, 0.15) is 0 Å². The monoisotopic (exact) mass is 350 g/mol. The molecule has 0 N–H and O–H groups in total. The summed E-state index contributed by atoms with van der Waals surface area (Å²) in [5.41, 5.74) is 7.37. The van der Waals surface area contributed by atoms with Crippen molar-refractivity contribution < 1.29 is 4.79 Å². The fourth-order valence-corrected chi connectivity index (χ4v) is 3.73. The third kappa shape index (κ3) is 3.06. The van der Waals surface area contributed by atoms with Gasteiger partial charge in [-0.15, -0.1) is 0 Å². The van der Waals surface area contributed by atoms with Crippen LogP contribution in [0.25, 0.3) is 21.9 Å². The number of rotatable bonds is 3. The number of ketones is 1. The van der Waals surface area contributed by atoms with Crippen molar-refractivity contribution in [3.63, 3.8) is 0 Å². The molecule has 27 heavy (non-hydrogen) atoms. The Balaban J connectivity index is 1.86. The molecule has 4 rings (SSSR count). The van der Waals surface area contributed by atoms with Gasteiger partial charge < -0.3 is 0 Å². The summed E-state index contributed by atoms with van der Waals surface area (Å²) >= 11 is 0. The Bertz CT molecular complexity index is 1170. The van der Waals surface area contributed by atoms with Crippen molar-refractivity contribution in [3.8, 4) is 11.1 Å². The normalized spacial score (nSPS) is 10.9. The van der Waals surface area contributed by atoms with Crippen LogP contribution in [0.1, 0.15) is 32.6 Å². The van der Waals surface area contributed by atoms with E-state index in [1.165, 1.54) is 22.3 Å². The zero-order chi connectivity index (χ0) is 19.0. The van der Waals surface area contributed by atoms with Crippen LogP contribution in [0.2, 0.25) is 0 Å². The Morgan fingerprint density at radius 1 is 0.593 bits per heavy atom. The highest BCUT2D eigenvalue weighted by Gasteiger charge is 2.15. The maximum absolute atomic E-state index is 13.4. The second-order valence-corrected chi connectivity index (χ2v) is 7.15. The molecule has 0 unspecified atom stereocenters. The fraction of sp³-hybridized carbons (Fsp3) is 0.115. The topological polar surface area (TPSA) is 17.1 Å². The van der Waals surface area contributed by atoms with Crippen LogP contribution in [-0.4, -0.2) is 5.78 Å². The predicted octanol–water partition coefficient (Wildman–Crippen LogP) is 6.66. The summed E-state index contributed by atoms with van der Waals surface area (Å²) in [5.74, 6) is 0.0704. The molecule has 0 atom stereocenters. The van der Waals surface area contributed by atoms with E-state index in [2.05, 4.69) is 39.0 Å². The van der Waals surface area contributed by atoms with Gasteiger partial charge in [-0.05, 0) is 65.4 Å². The lowest BCUT2D eigenvalue weighted by Gasteiger charge is -2.13. The number of aryl methyl sites for hydroxylation is 3. The number of carbonyl (C=O) groups is 1. The van der Waals surface area contributed by atoms with E-state index in [0.717, 1.165) is 27.5 Å². The average Bonchev–Trinajstić information content (AvgIpc) is 2.69. The van der Waals surface area contributed by atoms with Gasteiger partial charge in [-0.3, -0.25) is 4.79 Å². The molecule has 0 aliphatic heterocycles. The Morgan fingerprint density at radius 2 is 1.22 bits per heavy atom. The molecule has 0 heterocycles. The Labute approximate surface area is 160 Å². The van der Waals surface area contributed by atoms with Gasteiger partial charge in [0.25, 0.3) is 0 Å². The highest BCUT2D eigenvalue weighted by Crippen LogP contribution is 2.30. The second kappa shape index (κ2) is 6.85. The lowest BCUT2D eigenvalue weighted by Crippen LogP contribution is -2.03. The zero-order valence-electron chi connectivity index (χ0n) is 15.9. The van der Waals surface area contributed by atoms with E-state index < -0.39 is 0 Å². The van der Waals surface area contributed by atoms with Crippen LogP contribution in [0.3, 0.4) is 0 Å². The Morgan fingerprint density at radius 3 is 2.00 bits per heavy atom. The Hall–Kier alpha value is -3.19. The summed E-state index contributed by atoms with van der Waals surface area (Å²) in [6, 6.07) is 26.4. The molecule has 0 spiro atoms. The minimum Gasteiger partial charge on any atom is -0.289 e. The van der Waals surface area contributed by atoms with Gasteiger partial charge >= 0.3 is 0 Å². The van der Waals surface area contributed by atoms with E-state index in [1.807, 2.05) is 60.7 Å². The minimum absolute atomic E-state index is 0.0704. The molecule has 1 nitrogen and oxygen atoms in total. The quantitative estimate of drug-likeness (QED) is 0.377. The van der Waals surface area contributed by atoms with E-state index in [0.29, 0.717) is 0 Å². The van der Waals surface area contributed by atoms with E-state index in [9.17, 15) is 4.79 Å². The molecule has 132 valence electrons. The van der Waals surface area contributed by atoms with Crippen molar-refractivity contribution >= 4 is 16.6 Å². The van der Waals surface area contributed by atoms with Gasteiger partial charge in [-0.2, -0.15) is 0 Å². The number of carbonyl (C=O) groups excluding carboxylic acids is 1. The van der Waals surface area contributed by atoms with Crippen molar-refractivity contribution in [3.05, 3.63) is 107 Å². The van der Waals surface area contributed by atoms with Crippen molar-refractivity contribution in [1.82, 2.24) is 0 Å². The van der Waals surface area contributed by atoms with E-state index in [4.69, 9.17) is 0 Å². The Kier molecular flexibility index (Phi) is 4.37. The first kappa shape index (κ1) is 17.2. The van der Waals surface area contributed by atoms with Crippen molar-refractivity contribution in [1.29, 1.82) is 0 Å². The van der Waals surface area contributed by atoms with Crippen molar-refractivity contribution in [2.45, 2.75) is 20.8 Å². The van der Waals surface area contributed by atoms with E-state index in [1.54, 1.807) is 0 Å². The van der Waals surface area contributed by atoms with E-state index in [-0.39, 0.29) is 5.78 Å². The summed E-state index contributed by atoms with van der Waals surface area (Å²) in [7, 11) is 0. The van der Waals surface area contributed by atoms with Crippen LogP contribution in [0, 0.1) is 20.8 Å². The molecule has 0 aliphatic carbocycles. The fourth-order valence-electron chi connectivity index (χ4n) is 3.73. The second-order valence-electron chi connectivity index (χ2n) is 7.15. The lowest BCUT2D eigenvalue weighted by molar-refractivity contribution is 0.104. The summed E-state index contributed by atoms with van der Waals surface area (Å²) in [5, 5.41) is 2.15. The maximum Gasteiger partial charge on any atom is 0.193 e. The first-order chi connectivity index (χ1) is 13.1. The molecule has 1 heteroatoms. The summed E-state index contributed by atoms with van der Waals surface area (Å²) in [6.07, 6.45) is 0. The minimum atomic E-state index is 0.0704. The average molecular weight is 350 g/mol. The van der Waals surface area contributed by atoms with Crippen molar-refractivity contribution in [2.75, 3.05) is 0 Å². The van der Waals surface area contributed by atoms with Crippen LogP contribution in [0.15, 0.2) is 78.9 Å². The molecule has 0 saturated carbocycles. The summed E-state index contributed by atoms with van der Waals surface area (Å²) in [6.45, 7) is 6.28. The molecule has 0 aromatic heterocycles. The van der Waals surface area contributed by atoms with Gasteiger partial charge in [0.2, 0.25) is 0 Å². The number of benzene rings is 4. The largest absolute Gasteiger partial charge is 0.289 e. The lowest BCUT2D eigenvalue weighted by atomic mass is 9.91. The number of hydrogen-bond donors (Lipinski definition) is 0. The third-order valence-corrected chi connectivity index (χ3v) is 5.32. The molecule has 0 radical (unpaired) electrons. The molecule has 0 saturated heterocycles. The van der Waals surface area contributed by atoms with Crippen LogP contribution < -0.4 is 0 Å². The molecule has 0 aliphatic rings. The molecule has 4 aromatic carbocycles. The van der Waals surface area contributed by atoms with Gasteiger partial charge in [-0.1, -0.05) is 72.8 Å². The van der Waals surface area contributed by atoms with Gasteiger partial charge in [0.15, 0.2) is 5.78 Å². The van der Waals surface area contributed by atoms with Gasteiger partial charge in [0.05, 0.1) is 0 Å². The first-order valence-corrected chi connectivity index (χ1v) is 9.26. The van der Waals surface area contributed by atoms with Crippen LogP contribution in [0.4, 0.5) is 0 Å². The molecule has 0 amide bonds. The third-order valence-electron chi connectivity index (χ3n) is 5.32. The zero-order valence-corrected chi connectivity index (χ0v) is 15.9. The SMILES string of the molecule is Cc1ccccc1-c1cc(C(=O)c2ccc(C)c3ccccc23)ccc1C. The van der Waals surface area contributed by atoms with E-state index >= 15 is 0 Å². The van der Waals surface area contributed by atoms with Gasteiger partial charge in [-0.25, -0.2) is 0 Å². The van der Waals surface area contributed by atoms with Crippen LogP contribution in [-0.2, 0) is 0 Å². The van der Waals surface area contributed by atoms with Crippen molar-refractivity contribution in [2.24, 2.45) is 0 Å². The maximum atomic E-state index is 13.4. The standard InChI is InChI=1S/C26H22O/c1-17-8-4-5-10-22(17)25-16-20(14-12-19(25)3)26(27)24-15-13-18(2)21-9-6-7-11-23(21)24/h4-16H,1-3H3. The highest BCUT2D eigenvalue weighted by atomic mass is 16.1. The number of fused-ring (bicyclic) bond motifs is 1. The summed E-state index contributed by atoms with van der Waals surface area (Å²) in [4.78, 5) is 13.4. The summed E-state index contributed by atoms with van der Waals surface area (Å²) < 4.78 is 0. The molecular formula is C26H22O. The number of hydrogen-bond acceptors (Lipinski definition) is 1. The highest BCUT2D eigenvalue weighted by molar-refractivity contribution is 6.17. The molecule has 0 bridgehead atoms. The first-order valence-electron chi connectivity index (χ1n) is 9.26. The molecule has 4 aromatic rings. The van der Waals surface area contributed by atoms with Crippen LogP contribution in [0.5, 0.6) is 0 Å². The van der Waals surface area contributed by atoms with Gasteiger partial charge in [0, 0.05) is 11.1 Å². The van der Waals surface area contributed by atoms with Crippen LogP contribution >= 0.6 is 0 Å². The smallest absolute Gasteiger partial charge is 0.193 e. The molecule has 0 fully saturated rings.